The predicted molar refractivity (Wildman–Crippen MR) is 66.6 cm³/mol. The van der Waals surface area contributed by atoms with Crippen LogP contribution in [0.4, 0.5) is 0 Å². The highest BCUT2D eigenvalue weighted by Crippen LogP contribution is 2.33. The number of hydrogen-bond acceptors (Lipinski definition) is 3. The van der Waals surface area contributed by atoms with Crippen molar-refractivity contribution >= 4 is 0 Å². The van der Waals surface area contributed by atoms with Gasteiger partial charge in [0.15, 0.2) is 0 Å². The Morgan fingerprint density at radius 3 is 2.29 bits per heavy atom. The zero-order chi connectivity index (χ0) is 12.3. The van der Waals surface area contributed by atoms with Gasteiger partial charge in [-0.05, 0) is 35.9 Å². The van der Waals surface area contributed by atoms with Gasteiger partial charge in [0.25, 0.3) is 0 Å². The van der Waals surface area contributed by atoms with E-state index in [1.807, 2.05) is 24.3 Å². The maximum Gasteiger partial charge on any atom is 0.123 e. The van der Waals surface area contributed by atoms with Crippen LogP contribution in [0.25, 0.3) is 11.1 Å². The third kappa shape index (κ3) is 2.33. The van der Waals surface area contributed by atoms with E-state index in [2.05, 4.69) is 0 Å². The maximum absolute atomic E-state index is 9.85. The summed E-state index contributed by atoms with van der Waals surface area (Å²) in [6, 6.07) is 12.7. The average molecular weight is 230 g/mol. The summed E-state index contributed by atoms with van der Waals surface area (Å²) < 4.78 is 10.3. The Labute approximate surface area is 100 Å². The summed E-state index contributed by atoms with van der Waals surface area (Å²) in [4.78, 5) is 0. The van der Waals surface area contributed by atoms with Gasteiger partial charge in [0.2, 0.25) is 0 Å². The van der Waals surface area contributed by atoms with Crippen molar-refractivity contribution in [1.82, 2.24) is 0 Å². The molecule has 0 unspecified atom stereocenters. The lowest BCUT2D eigenvalue weighted by Crippen LogP contribution is -1.86. The van der Waals surface area contributed by atoms with E-state index >= 15 is 0 Å². The van der Waals surface area contributed by atoms with Gasteiger partial charge < -0.3 is 14.6 Å². The minimum atomic E-state index is 0.221. The molecule has 0 atom stereocenters. The first-order valence-electron chi connectivity index (χ1n) is 5.26. The van der Waals surface area contributed by atoms with E-state index < -0.39 is 0 Å². The van der Waals surface area contributed by atoms with Crippen LogP contribution in [0.2, 0.25) is 0 Å². The normalized spacial score (nSPS) is 10.0. The molecule has 0 fully saturated rings. The van der Waals surface area contributed by atoms with E-state index in [4.69, 9.17) is 9.47 Å². The van der Waals surface area contributed by atoms with Gasteiger partial charge in [0.05, 0.1) is 14.2 Å². The molecule has 17 heavy (non-hydrogen) atoms. The molecule has 2 aromatic carbocycles. The van der Waals surface area contributed by atoms with Crippen molar-refractivity contribution in [2.75, 3.05) is 14.2 Å². The van der Waals surface area contributed by atoms with Crippen molar-refractivity contribution in [2.45, 2.75) is 0 Å². The van der Waals surface area contributed by atoms with E-state index in [9.17, 15) is 5.11 Å². The second-order valence-corrected chi connectivity index (χ2v) is 3.62. The summed E-state index contributed by atoms with van der Waals surface area (Å²) >= 11 is 0. The monoisotopic (exact) mass is 230 g/mol. The lowest BCUT2D eigenvalue weighted by atomic mass is 10.0. The Kier molecular flexibility index (Phi) is 3.19. The molecule has 0 aliphatic heterocycles. The second kappa shape index (κ2) is 4.78. The number of ether oxygens (including phenoxy) is 2. The fourth-order valence-corrected chi connectivity index (χ4v) is 1.66. The number of methoxy groups -OCH3 is 2. The van der Waals surface area contributed by atoms with E-state index in [0.717, 1.165) is 16.9 Å². The van der Waals surface area contributed by atoms with Crippen LogP contribution in [0, 0.1) is 0 Å². The minimum Gasteiger partial charge on any atom is -0.507 e. The number of phenolic OH excluding ortho intramolecular Hbond substituents is 1. The van der Waals surface area contributed by atoms with Gasteiger partial charge >= 0.3 is 0 Å². The molecule has 3 heteroatoms. The predicted octanol–water partition coefficient (Wildman–Crippen LogP) is 3.08. The third-order valence-corrected chi connectivity index (χ3v) is 2.58. The number of hydrogen-bond donors (Lipinski definition) is 1. The quantitative estimate of drug-likeness (QED) is 0.880. The number of phenols is 1. The van der Waals surface area contributed by atoms with Crippen LogP contribution in [-0.2, 0) is 0 Å². The Hall–Kier alpha value is -2.16. The standard InChI is InChI=1S/C14H14O3/c1-16-11-5-3-4-10(8-11)13-9-12(17-2)6-7-14(13)15/h3-9,15H,1-2H3. The van der Waals surface area contributed by atoms with Gasteiger partial charge in [-0.3, -0.25) is 0 Å². The van der Waals surface area contributed by atoms with Gasteiger partial charge in [-0.25, -0.2) is 0 Å². The van der Waals surface area contributed by atoms with E-state index in [1.165, 1.54) is 0 Å². The summed E-state index contributed by atoms with van der Waals surface area (Å²) in [7, 11) is 3.21. The molecule has 0 spiro atoms. The van der Waals surface area contributed by atoms with Gasteiger partial charge in [-0.1, -0.05) is 12.1 Å². The molecule has 2 aromatic rings. The van der Waals surface area contributed by atoms with E-state index in [1.54, 1.807) is 32.4 Å². The molecule has 0 saturated heterocycles. The molecule has 0 amide bonds. The topological polar surface area (TPSA) is 38.7 Å². The van der Waals surface area contributed by atoms with Crippen LogP contribution < -0.4 is 9.47 Å². The Balaban J connectivity index is 2.50. The summed E-state index contributed by atoms with van der Waals surface area (Å²) in [5.41, 5.74) is 1.61. The third-order valence-electron chi connectivity index (χ3n) is 2.58. The molecule has 2 rings (SSSR count). The zero-order valence-electron chi connectivity index (χ0n) is 9.81. The Bertz CT molecular complexity index is 521. The number of aromatic hydroxyl groups is 1. The summed E-state index contributed by atoms with van der Waals surface area (Å²) in [5.74, 6) is 1.68. The first-order valence-corrected chi connectivity index (χ1v) is 5.26. The molecule has 3 nitrogen and oxygen atoms in total. The largest absolute Gasteiger partial charge is 0.507 e. The summed E-state index contributed by atoms with van der Waals surface area (Å²) in [5, 5.41) is 9.85. The molecule has 0 radical (unpaired) electrons. The smallest absolute Gasteiger partial charge is 0.123 e. The van der Waals surface area contributed by atoms with Gasteiger partial charge in [-0.15, -0.1) is 0 Å². The van der Waals surface area contributed by atoms with Gasteiger partial charge in [0, 0.05) is 5.56 Å². The highest BCUT2D eigenvalue weighted by Gasteiger charge is 2.06. The Morgan fingerprint density at radius 2 is 1.59 bits per heavy atom. The molecule has 0 heterocycles. The van der Waals surface area contributed by atoms with Crippen molar-refractivity contribution in [2.24, 2.45) is 0 Å². The SMILES string of the molecule is COc1cccc(-c2cc(OC)ccc2O)c1. The summed E-state index contributed by atoms with van der Waals surface area (Å²) in [6.07, 6.45) is 0. The first-order chi connectivity index (χ1) is 8.24. The molecule has 0 saturated carbocycles. The lowest BCUT2D eigenvalue weighted by Gasteiger charge is -2.08. The molecule has 0 aromatic heterocycles. The highest BCUT2D eigenvalue weighted by atomic mass is 16.5. The van der Waals surface area contributed by atoms with Crippen LogP contribution in [0.5, 0.6) is 17.2 Å². The fraction of sp³-hybridized carbons (Fsp3) is 0.143. The molecular weight excluding hydrogens is 216 g/mol. The maximum atomic E-state index is 9.85. The molecule has 0 aliphatic rings. The van der Waals surface area contributed by atoms with Crippen molar-refractivity contribution in [1.29, 1.82) is 0 Å². The van der Waals surface area contributed by atoms with E-state index in [-0.39, 0.29) is 5.75 Å². The first kappa shape index (κ1) is 11.3. The van der Waals surface area contributed by atoms with E-state index in [0.29, 0.717) is 5.75 Å². The second-order valence-electron chi connectivity index (χ2n) is 3.62. The van der Waals surface area contributed by atoms with Crippen LogP contribution in [0.1, 0.15) is 0 Å². The van der Waals surface area contributed by atoms with Crippen LogP contribution in [0.3, 0.4) is 0 Å². The van der Waals surface area contributed by atoms with Crippen LogP contribution >= 0.6 is 0 Å². The van der Waals surface area contributed by atoms with Crippen LogP contribution in [-0.4, -0.2) is 19.3 Å². The fourth-order valence-electron chi connectivity index (χ4n) is 1.66. The van der Waals surface area contributed by atoms with Crippen molar-refractivity contribution in [3.63, 3.8) is 0 Å². The molecule has 0 aliphatic carbocycles. The number of benzene rings is 2. The average Bonchev–Trinajstić information content (AvgIpc) is 2.39. The minimum absolute atomic E-state index is 0.221. The molecule has 0 bridgehead atoms. The number of rotatable bonds is 3. The molecular formula is C14H14O3. The van der Waals surface area contributed by atoms with Gasteiger partial charge in [0.1, 0.15) is 17.2 Å². The highest BCUT2D eigenvalue weighted by molar-refractivity contribution is 5.72. The summed E-state index contributed by atoms with van der Waals surface area (Å²) in [6.45, 7) is 0. The van der Waals surface area contributed by atoms with Gasteiger partial charge in [-0.2, -0.15) is 0 Å². The molecule has 1 N–H and O–H groups in total. The van der Waals surface area contributed by atoms with Crippen molar-refractivity contribution in [3.05, 3.63) is 42.5 Å². The Morgan fingerprint density at radius 1 is 0.882 bits per heavy atom. The van der Waals surface area contributed by atoms with Crippen molar-refractivity contribution < 1.29 is 14.6 Å². The zero-order valence-corrected chi connectivity index (χ0v) is 9.81. The molecule has 88 valence electrons. The van der Waals surface area contributed by atoms with Crippen LogP contribution in [0.15, 0.2) is 42.5 Å². The van der Waals surface area contributed by atoms with Crippen molar-refractivity contribution in [3.8, 4) is 28.4 Å². The lowest BCUT2D eigenvalue weighted by molar-refractivity contribution is 0.412.